The third-order valence-corrected chi connectivity index (χ3v) is 2.94. The summed E-state index contributed by atoms with van der Waals surface area (Å²) >= 11 is 16.1. The minimum Gasteiger partial charge on any atom is -0.870 e. The van der Waals surface area contributed by atoms with Gasteiger partial charge in [0.15, 0.2) is 0 Å². The van der Waals surface area contributed by atoms with Crippen LogP contribution in [-0.4, -0.2) is 71.5 Å². The van der Waals surface area contributed by atoms with E-state index in [-0.39, 0.29) is 71.5 Å². The molecule has 0 unspecified atom stereocenters. The van der Waals surface area contributed by atoms with Crippen molar-refractivity contribution in [3.05, 3.63) is 0 Å². The maximum Gasteiger partial charge on any atom is 2.00 e. The van der Waals surface area contributed by atoms with Gasteiger partial charge in [0, 0.05) is 17.6 Å². The van der Waals surface area contributed by atoms with Gasteiger partial charge >= 0.3 is 30.9 Å². The second kappa shape index (κ2) is 17.7. The fourth-order valence-corrected chi connectivity index (χ4v) is 2.27. The molecule has 17 heavy (non-hydrogen) atoms. The standard InChI is InChI=1S/C6H12Cl3O4P.Mg.2H2O/c7-1-4-11-14(10,12-5-2-8)13-6-3-9;;;/h1-6H2;;2*1H2/q;+2;;/p-2. The van der Waals surface area contributed by atoms with Gasteiger partial charge in [-0.05, 0) is 0 Å². The molecular formula is C6H14Cl3MgO6P. The molecule has 0 spiro atoms. The first-order valence-electron chi connectivity index (χ1n) is 3.90. The first-order chi connectivity index (χ1) is 6.68. The number of hydrogen-bond acceptors (Lipinski definition) is 6. The van der Waals surface area contributed by atoms with E-state index in [2.05, 4.69) is 0 Å². The van der Waals surface area contributed by atoms with Crippen LogP contribution in [0.2, 0.25) is 0 Å². The molecule has 0 aliphatic heterocycles. The number of hydrogen-bond donors (Lipinski definition) is 0. The second-order valence-electron chi connectivity index (χ2n) is 2.01. The predicted molar refractivity (Wildman–Crippen MR) is 67.2 cm³/mol. The molecule has 0 saturated carbocycles. The summed E-state index contributed by atoms with van der Waals surface area (Å²) in [5, 5.41) is 0. The molecule has 0 saturated heterocycles. The van der Waals surface area contributed by atoms with Crippen LogP contribution in [0.1, 0.15) is 0 Å². The van der Waals surface area contributed by atoms with E-state index in [9.17, 15) is 4.57 Å². The third kappa shape index (κ3) is 15.6. The maximum atomic E-state index is 11.6. The Bertz CT molecular complexity index is 161. The van der Waals surface area contributed by atoms with Crippen LogP contribution in [0, 0.1) is 0 Å². The van der Waals surface area contributed by atoms with Crippen molar-refractivity contribution in [3.8, 4) is 0 Å². The summed E-state index contributed by atoms with van der Waals surface area (Å²) in [5.41, 5.74) is 0. The topological polar surface area (TPSA) is 105 Å². The molecule has 0 aromatic rings. The van der Waals surface area contributed by atoms with Crippen molar-refractivity contribution in [2.45, 2.75) is 0 Å². The van der Waals surface area contributed by atoms with E-state index in [1.807, 2.05) is 0 Å². The Labute approximate surface area is 132 Å². The second-order valence-corrected chi connectivity index (χ2v) is 4.82. The van der Waals surface area contributed by atoms with Gasteiger partial charge in [0.25, 0.3) is 0 Å². The van der Waals surface area contributed by atoms with Crippen LogP contribution >= 0.6 is 42.6 Å². The van der Waals surface area contributed by atoms with Crippen LogP contribution in [0.5, 0.6) is 0 Å². The van der Waals surface area contributed by atoms with Crippen LogP contribution in [0.15, 0.2) is 0 Å². The minimum absolute atomic E-state index is 0. The molecule has 0 aliphatic rings. The molecule has 2 N–H and O–H groups in total. The summed E-state index contributed by atoms with van der Waals surface area (Å²) in [5.74, 6) is 0.620. The minimum atomic E-state index is -3.52. The van der Waals surface area contributed by atoms with Crippen LogP contribution in [0.25, 0.3) is 0 Å². The Balaban J connectivity index is -0.000000282. The first kappa shape index (κ1) is 27.1. The van der Waals surface area contributed by atoms with E-state index in [0.29, 0.717) is 0 Å². The van der Waals surface area contributed by atoms with E-state index in [4.69, 9.17) is 48.4 Å². The molecule has 102 valence electrons. The van der Waals surface area contributed by atoms with Crippen molar-refractivity contribution in [2.24, 2.45) is 0 Å². The van der Waals surface area contributed by atoms with E-state index in [0.717, 1.165) is 0 Å². The number of rotatable bonds is 9. The molecule has 0 amide bonds. The van der Waals surface area contributed by atoms with Crippen molar-refractivity contribution < 1.29 is 29.1 Å². The molecule has 0 aliphatic carbocycles. The molecular weight excluding hydrogens is 330 g/mol. The molecule has 0 rings (SSSR count). The molecule has 0 aromatic carbocycles. The summed E-state index contributed by atoms with van der Waals surface area (Å²) in [6, 6.07) is 0. The molecule has 0 fully saturated rings. The zero-order chi connectivity index (χ0) is 10.9. The van der Waals surface area contributed by atoms with Crippen LogP contribution in [0.3, 0.4) is 0 Å². The maximum absolute atomic E-state index is 11.6. The summed E-state index contributed by atoms with van der Waals surface area (Å²) < 4.78 is 26.2. The molecule has 0 bridgehead atoms. The van der Waals surface area contributed by atoms with Gasteiger partial charge in [-0.1, -0.05) is 0 Å². The average Bonchev–Trinajstić information content (AvgIpc) is 2.21. The van der Waals surface area contributed by atoms with Crippen molar-refractivity contribution >= 4 is 65.7 Å². The molecule has 0 radical (unpaired) electrons. The summed E-state index contributed by atoms with van der Waals surface area (Å²) in [6.07, 6.45) is 0. The number of phosphoric ester groups is 1. The van der Waals surface area contributed by atoms with E-state index >= 15 is 0 Å². The quantitative estimate of drug-likeness (QED) is 0.361. The molecule has 0 heterocycles. The van der Waals surface area contributed by atoms with Crippen molar-refractivity contribution in [2.75, 3.05) is 37.5 Å². The number of halogens is 3. The van der Waals surface area contributed by atoms with Gasteiger partial charge in [-0.15, -0.1) is 34.8 Å². The van der Waals surface area contributed by atoms with Gasteiger partial charge < -0.3 is 11.0 Å². The predicted octanol–water partition coefficient (Wildman–Crippen LogP) is 2.13. The Morgan fingerprint density at radius 1 is 0.765 bits per heavy atom. The molecule has 0 aromatic heterocycles. The zero-order valence-corrected chi connectivity index (χ0v) is 13.6. The monoisotopic (exact) mass is 342 g/mol. The van der Waals surface area contributed by atoms with Gasteiger partial charge in [0.2, 0.25) is 0 Å². The van der Waals surface area contributed by atoms with Gasteiger partial charge in [-0.2, -0.15) is 0 Å². The van der Waals surface area contributed by atoms with E-state index < -0.39 is 7.82 Å². The van der Waals surface area contributed by atoms with Crippen molar-refractivity contribution in [1.29, 1.82) is 0 Å². The third-order valence-electron chi connectivity index (χ3n) is 0.980. The Morgan fingerprint density at radius 3 is 1.18 bits per heavy atom. The first-order valence-corrected chi connectivity index (χ1v) is 6.96. The fourth-order valence-electron chi connectivity index (χ4n) is 0.551. The summed E-state index contributed by atoms with van der Waals surface area (Å²) in [7, 11) is -3.52. The van der Waals surface area contributed by atoms with E-state index in [1.165, 1.54) is 0 Å². The average molecular weight is 344 g/mol. The van der Waals surface area contributed by atoms with E-state index in [1.54, 1.807) is 0 Å². The smallest absolute Gasteiger partial charge is 0.870 e. The number of phosphoric acid groups is 1. The number of alkyl halides is 3. The summed E-state index contributed by atoms with van der Waals surface area (Å²) in [4.78, 5) is 0. The Kier molecular flexibility index (Phi) is 28.1. The fraction of sp³-hybridized carbons (Fsp3) is 1.00. The van der Waals surface area contributed by atoms with Crippen LogP contribution < -0.4 is 0 Å². The van der Waals surface area contributed by atoms with Gasteiger partial charge in [-0.3, -0.25) is 13.6 Å². The van der Waals surface area contributed by atoms with Gasteiger partial charge in [0.05, 0.1) is 19.8 Å². The summed E-state index contributed by atoms with van der Waals surface area (Å²) in [6.45, 7) is 0.260. The molecule has 0 atom stereocenters. The Hall–Kier alpha value is 1.67. The molecule has 6 nitrogen and oxygen atoms in total. The van der Waals surface area contributed by atoms with Crippen LogP contribution in [-0.2, 0) is 18.1 Å². The Morgan fingerprint density at radius 2 is 1.00 bits per heavy atom. The molecule has 11 heteroatoms. The largest absolute Gasteiger partial charge is 2.00 e. The van der Waals surface area contributed by atoms with Crippen molar-refractivity contribution in [3.63, 3.8) is 0 Å². The van der Waals surface area contributed by atoms with Gasteiger partial charge in [0.1, 0.15) is 0 Å². The van der Waals surface area contributed by atoms with Gasteiger partial charge in [-0.25, -0.2) is 4.57 Å². The zero-order valence-electron chi connectivity index (χ0n) is 9.06. The SMILES string of the molecule is O=P(OCCCl)(OCCCl)OCCCl.[Mg+2].[OH-].[OH-]. The normalized spacial score (nSPS) is 9.82. The van der Waals surface area contributed by atoms with Crippen LogP contribution in [0.4, 0.5) is 0 Å². The van der Waals surface area contributed by atoms with Crippen molar-refractivity contribution in [1.82, 2.24) is 0 Å².